The average molecular weight is 447 g/mol. The monoisotopic (exact) mass is 446 g/mol. The summed E-state index contributed by atoms with van der Waals surface area (Å²) >= 11 is 0. The summed E-state index contributed by atoms with van der Waals surface area (Å²) in [6.45, 7) is 3.98. The Balaban J connectivity index is 1.59. The minimum atomic E-state index is -0.765. The van der Waals surface area contributed by atoms with Crippen molar-refractivity contribution in [2.24, 2.45) is 5.92 Å². The second kappa shape index (κ2) is 9.28. The molecule has 4 rings (SSSR count). The molecule has 3 aromatic rings. The smallest absolute Gasteiger partial charge is 0.306 e. The number of anilines is 1. The third-order valence-corrected chi connectivity index (χ3v) is 5.89. The van der Waals surface area contributed by atoms with Crippen LogP contribution in [0.5, 0.6) is 0 Å². The van der Waals surface area contributed by atoms with Gasteiger partial charge in [0.15, 0.2) is 0 Å². The third kappa shape index (κ3) is 4.80. The zero-order valence-corrected chi connectivity index (χ0v) is 18.6. The highest BCUT2D eigenvalue weighted by molar-refractivity contribution is 6.00. The van der Waals surface area contributed by atoms with Crippen LogP contribution in [0.4, 0.5) is 5.69 Å². The molecule has 9 heteroatoms. The first-order valence-electron chi connectivity index (χ1n) is 11.0. The molecular formula is C24H26N6O3. The van der Waals surface area contributed by atoms with Gasteiger partial charge in [0.1, 0.15) is 17.5 Å². The van der Waals surface area contributed by atoms with E-state index in [1.54, 1.807) is 12.3 Å². The van der Waals surface area contributed by atoms with Gasteiger partial charge in [0.2, 0.25) is 0 Å². The van der Waals surface area contributed by atoms with E-state index < -0.39 is 5.97 Å². The molecule has 3 aromatic heterocycles. The molecule has 1 aliphatic rings. The number of fused-ring (bicyclic) bond motifs is 1. The Morgan fingerprint density at radius 1 is 1.18 bits per heavy atom. The molecule has 0 saturated heterocycles. The summed E-state index contributed by atoms with van der Waals surface area (Å²) in [6.07, 6.45) is 7.33. The van der Waals surface area contributed by atoms with Crippen LogP contribution in [-0.4, -0.2) is 43.6 Å². The van der Waals surface area contributed by atoms with E-state index in [-0.39, 0.29) is 23.9 Å². The molecule has 0 aromatic carbocycles. The van der Waals surface area contributed by atoms with E-state index in [0.29, 0.717) is 54.0 Å². The quantitative estimate of drug-likeness (QED) is 0.528. The number of pyridine rings is 2. The highest BCUT2D eigenvalue weighted by Crippen LogP contribution is 2.26. The second-order valence-corrected chi connectivity index (χ2v) is 8.68. The number of carbonyl (C=O) groups is 2. The lowest BCUT2D eigenvalue weighted by atomic mass is 9.86. The molecule has 0 unspecified atom stereocenters. The van der Waals surface area contributed by atoms with E-state index >= 15 is 0 Å². The molecule has 3 N–H and O–H groups in total. The Labute approximate surface area is 191 Å². The van der Waals surface area contributed by atoms with Crippen LogP contribution in [0.2, 0.25) is 0 Å². The van der Waals surface area contributed by atoms with E-state index in [1.165, 1.54) is 6.20 Å². The van der Waals surface area contributed by atoms with Gasteiger partial charge in [-0.15, -0.1) is 0 Å². The summed E-state index contributed by atoms with van der Waals surface area (Å²) in [5, 5.41) is 25.5. The number of aromatic nitrogens is 3. The van der Waals surface area contributed by atoms with Crippen molar-refractivity contribution in [3.8, 4) is 11.9 Å². The summed E-state index contributed by atoms with van der Waals surface area (Å²) in [4.78, 5) is 33.1. The number of aliphatic carboxylic acids is 1. The average Bonchev–Trinajstić information content (AvgIpc) is 3.22. The highest BCUT2D eigenvalue weighted by Gasteiger charge is 2.27. The van der Waals surface area contributed by atoms with E-state index in [9.17, 15) is 14.7 Å². The Kier molecular flexibility index (Phi) is 6.27. The number of nitrogens with one attached hydrogen (secondary N) is 2. The molecule has 9 nitrogen and oxygen atoms in total. The standard InChI is InChI=1S/C24H26N6O3/c1-14(2)28-20-10-21(30-8-7-17-9-15(11-25)12-27-22(17)30)26-13-19(20)23(31)29-18-5-3-16(4-6-18)24(32)33/h7-10,12-14,16,18H,3-6H2,1-2H3,(H,26,28)(H,29,31)(H,32,33). The molecule has 1 fully saturated rings. The van der Waals surface area contributed by atoms with Gasteiger partial charge in [-0.2, -0.15) is 5.26 Å². The minimum Gasteiger partial charge on any atom is -0.481 e. The van der Waals surface area contributed by atoms with Gasteiger partial charge >= 0.3 is 5.97 Å². The maximum absolute atomic E-state index is 13.1. The van der Waals surface area contributed by atoms with Gasteiger partial charge in [-0.05, 0) is 51.7 Å². The maximum Gasteiger partial charge on any atom is 0.306 e. The van der Waals surface area contributed by atoms with Gasteiger partial charge < -0.3 is 15.7 Å². The predicted molar refractivity (Wildman–Crippen MR) is 123 cm³/mol. The van der Waals surface area contributed by atoms with Crippen molar-refractivity contribution in [2.75, 3.05) is 5.32 Å². The van der Waals surface area contributed by atoms with Crippen LogP contribution in [0.3, 0.4) is 0 Å². The van der Waals surface area contributed by atoms with Gasteiger partial charge in [0.25, 0.3) is 5.91 Å². The number of rotatable bonds is 6. The predicted octanol–water partition coefficient (Wildman–Crippen LogP) is 3.49. The normalized spacial score (nSPS) is 18.1. The van der Waals surface area contributed by atoms with Crippen LogP contribution >= 0.6 is 0 Å². The van der Waals surface area contributed by atoms with Gasteiger partial charge in [0, 0.05) is 42.1 Å². The summed E-state index contributed by atoms with van der Waals surface area (Å²) in [7, 11) is 0. The summed E-state index contributed by atoms with van der Waals surface area (Å²) in [6, 6.07) is 7.59. The largest absolute Gasteiger partial charge is 0.481 e. The molecule has 0 bridgehead atoms. The summed E-state index contributed by atoms with van der Waals surface area (Å²) < 4.78 is 1.82. The lowest BCUT2D eigenvalue weighted by molar-refractivity contribution is -0.142. The van der Waals surface area contributed by atoms with E-state index in [4.69, 9.17) is 5.26 Å². The Hall–Kier alpha value is -3.93. The first-order valence-corrected chi connectivity index (χ1v) is 11.0. The zero-order chi connectivity index (χ0) is 23.5. The summed E-state index contributed by atoms with van der Waals surface area (Å²) in [5.41, 5.74) is 2.25. The third-order valence-electron chi connectivity index (χ3n) is 5.89. The second-order valence-electron chi connectivity index (χ2n) is 8.68. The molecule has 3 heterocycles. The van der Waals surface area contributed by atoms with Crippen molar-refractivity contribution in [1.29, 1.82) is 5.26 Å². The number of amides is 1. The molecule has 33 heavy (non-hydrogen) atoms. The van der Waals surface area contributed by atoms with Crippen LogP contribution in [0.25, 0.3) is 16.9 Å². The lowest BCUT2D eigenvalue weighted by Gasteiger charge is -2.27. The van der Waals surface area contributed by atoms with Gasteiger partial charge in [-0.25, -0.2) is 9.97 Å². The van der Waals surface area contributed by atoms with Crippen LogP contribution in [0, 0.1) is 17.2 Å². The molecule has 170 valence electrons. The molecule has 1 amide bonds. The number of carboxylic acids is 1. The fourth-order valence-electron chi connectivity index (χ4n) is 4.21. The van der Waals surface area contributed by atoms with Crippen LogP contribution in [0.15, 0.2) is 36.8 Å². The fraction of sp³-hybridized carbons (Fsp3) is 0.375. The molecule has 1 saturated carbocycles. The maximum atomic E-state index is 13.1. The van der Waals surface area contributed by atoms with Crippen LogP contribution in [0.1, 0.15) is 55.5 Å². The first kappa shape index (κ1) is 22.3. The molecule has 0 atom stereocenters. The Morgan fingerprint density at radius 3 is 2.61 bits per heavy atom. The van der Waals surface area contributed by atoms with Crippen molar-refractivity contribution in [1.82, 2.24) is 19.9 Å². The van der Waals surface area contributed by atoms with Gasteiger partial charge in [0.05, 0.1) is 22.7 Å². The lowest BCUT2D eigenvalue weighted by Crippen LogP contribution is -2.39. The summed E-state index contributed by atoms with van der Waals surface area (Å²) in [5.74, 6) is -0.723. The number of carboxylic acid groups (broad SMARTS) is 1. The van der Waals surface area contributed by atoms with Crippen LogP contribution in [-0.2, 0) is 4.79 Å². The van der Waals surface area contributed by atoms with Crippen molar-refractivity contribution in [2.45, 2.75) is 51.6 Å². The topological polar surface area (TPSA) is 133 Å². The molecule has 1 aliphatic carbocycles. The van der Waals surface area contributed by atoms with Gasteiger partial charge in [-0.1, -0.05) is 0 Å². The minimum absolute atomic E-state index is 0.0494. The molecule has 0 radical (unpaired) electrons. The van der Waals surface area contributed by atoms with Crippen LogP contribution < -0.4 is 10.6 Å². The number of hydrogen-bond donors (Lipinski definition) is 3. The number of nitriles is 1. The highest BCUT2D eigenvalue weighted by atomic mass is 16.4. The van der Waals surface area contributed by atoms with Crippen molar-refractivity contribution in [3.05, 3.63) is 47.9 Å². The van der Waals surface area contributed by atoms with E-state index in [0.717, 1.165) is 5.39 Å². The van der Waals surface area contributed by atoms with Crippen molar-refractivity contribution in [3.63, 3.8) is 0 Å². The SMILES string of the molecule is CC(C)Nc1cc(-n2ccc3cc(C#N)cnc32)ncc1C(=O)NC1CCC(C(=O)O)CC1. The first-order chi connectivity index (χ1) is 15.9. The molecule has 0 spiro atoms. The molecule has 0 aliphatic heterocycles. The number of nitrogens with zero attached hydrogens (tertiary/aromatic N) is 4. The molecular weight excluding hydrogens is 420 g/mol. The zero-order valence-electron chi connectivity index (χ0n) is 18.6. The van der Waals surface area contributed by atoms with Crippen molar-refractivity contribution < 1.29 is 14.7 Å². The van der Waals surface area contributed by atoms with Crippen molar-refractivity contribution >= 4 is 28.6 Å². The Morgan fingerprint density at radius 2 is 1.94 bits per heavy atom. The Bertz CT molecular complexity index is 1230. The van der Waals surface area contributed by atoms with Gasteiger partial charge in [-0.3, -0.25) is 14.2 Å². The van der Waals surface area contributed by atoms with E-state index in [1.807, 2.05) is 36.7 Å². The number of hydrogen-bond acceptors (Lipinski definition) is 6. The number of carbonyl (C=O) groups excluding carboxylic acids is 1. The fourth-order valence-corrected chi connectivity index (χ4v) is 4.21. The van der Waals surface area contributed by atoms with E-state index in [2.05, 4.69) is 26.7 Å².